The van der Waals surface area contributed by atoms with Gasteiger partial charge < -0.3 is 4.74 Å². The van der Waals surface area contributed by atoms with E-state index in [9.17, 15) is 13.2 Å². The lowest BCUT2D eigenvalue weighted by atomic mass is 10.3. The van der Waals surface area contributed by atoms with Crippen LogP contribution in [0.1, 0.15) is 13.8 Å². The molecule has 0 fully saturated rings. The van der Waals surface area contributed by atoms with Gasteiger partial charge in [-0.05, 0) is 50.2 Å². The Labute approximate surface area is 171 Å². The van der Waals surface area contributed by atoms with Crippen LogP contribution in [0.25, 0.3) is 0 Å². The highest BCUT2D eigenvalue weighted by atomic mass is 79.9. The average Bonchev–Trinajstić information content (AvgIpc) is 2.54. The molecule has 26 heavy (non-hydrogen) atoms. The minimum absolute atomic E-state index is 0.00613. The maximum absolute atomic E-state index is 13.2. The van der Waals surface area contributed by atoms with Crippen molar-refractivity contribution in [2.24, 2.45) is 0 Å². The van der Waals surface area contributed by atoms with Crippen LogP contribution in [0.5, 0.6) is 0 Å². The van der Waals surface area contributed by atoms with E-state index in [0.717, 1.165) is 4.31 Å². The number of benzene rings is 2. The first kappa shape index (κ1) is 21.0. The second-order valence-electron chi connectivity index (χ2n) is 5.60. The van der Waals surface area contributed by atoms with Gasteiger partial charge >= 0.3 is 5.97 Å². The topological polar surface area (TPSA) is 63.7 Å². The lowest BCUT2D eigenvalue weighted by Crippen LogP contribution is -2.37. The van der Waals surface area contributed by atoms with E-state index < -0.39 is 22.5 Å². The summed E-state index contributed by atoms with van der Waals surface area (Å²) in [5.41, 5.74) is 0.288. The number of esters is 1. The molecule has 2 aromatic carbocycles. The standard InChI is InChI=1S/C17H16BrCl2NO4S/c1-11(2)25-17(22)10-21(14-5-3-4-12(18)8-14)26(23,24)16-9-13(19)6-7-15(16)20/h3-9,11H,10H2,1-2H3. The number of anilines is 1. The fourth-order valence-corrected chi connectivity index (χ4v) is 4.69. The Balaban J connectivity index is 2.55. The van der Waals surface area contributed by atoms with Crippen LogP contribution in [0, 0.1) is 0 Å². The normalized spacial score (nSPS) is 11.5. The Morgan fingerprint density at radius 1 is 1.19 bits per heavy atom. The third-order valence-corrected chi connectivity index (χ3v) is 6.18. The van der Waals surface area contributed by atoms with Gasteiger partial charge in [-0.2, -0.15) is 0 Å². The molecule has 0 bridgehead atoms. The highest BCUT2D eigenvalue weighted by Crippen LogP contribution is 2.31. The second kappa shape index (κ2) is 8.61. The van der Waals surface area contributed by atoms with Crippen molar-refractivity contribution in [1.29, 1.82) is 0 Å². The van der Waals surface area contributed by atoms with E-state index in [1.54, 1.807) is 38.1 Å². The van der Waals surface area contributed by atoms with Crippen LogP contribution in [0.2, 0.25) is 10.0 Å². The van der Waals surface area contributed by atoms with Crippen LogP contribution in [0.4, 0.5) is 5.69 Å². The molecule has 0 amide bonds. The Morgan fingerprint density at radius 2 is 1.88 bits per heavy atom. The number of sulfonamides is 1. The Morgan fingerprint density at radius 3 is 2.50 bits per heavy atom. The molecule has 0 N–H and O–H groups in total. The summed E-state index contributed by atoms with van der Waals surface area (Å²) in [5.74, 6) is -0.679. The first-order valence-corrected chi connectivity index (χ1v) is 10.5. The number of hydrogen-bond acceptors (Lipinski definition) is 4. The van der Waals surface area contributed by atoms with Crippen LogP contribution < -0.4 is 4.31 Å². The van der Waals surface area contributed by atoms with Crippen LogP contribution in [0.15, 0.2) is 51.8 Å². The van der Waals surface area contributed by atoms with Crippen LogP contribution in [-0.4, -0.2) is 27.0 Å². The molecular formula is C17H16BrCl2NO4S. The van der Waals surface area contributed by atoms with E-state index in [1.807, 2.05) is 0 Å². The molecule has 5 nitrogen and oxygen atoms in total. The first-order chi connectivity index (χ1) is 12.1. The number of carbonyl (C=O) groups excluding carboxylic acids is 1. The molecule has 2 aromatic rings. The Kier molecular flexibility index (Phi) is 6.96. The smallest absolute Gasteiger partial charge is 0.327 e. The molecule has 9 heteroatoms. The maximum Gasteiger partial charge on any atom is 0.327 e. The fourth-order valence-electron chi connectivity index (χ4n) is 2.16. The quantitative estimate of drug-likeness (QED) is 0.551. The summed E-state index contributed by atoms with van der Waals surface area (Å²) >= 11 is 15.3. The summed E-state index contributed by atoms with van der Waals surface area (Å²) in [7, 11) is -4.16. The van der Waals surface area contributed by atoms with Gasteiger partial charge in [0.05, 0.1) is 16.8 Å². The number of nitrogens with zero attached hydrogens (tertiary/aromatic N) is 1. The molecule has 0 aliphatic carbocycles. The van der Waals surface area contributed by atoms with Crippen molar-refractivity contribution in [3.8, 4) is 0 Å². The summed E-state index contributed by atoms with van der Waals surface area (Å²) in [5, 5.41) is 0.221. The second-order valence-corrected chi connectivity index (χ2v) is 9.19. The summed E-state index contributed by atoms with van der Waals surface area (Å²) < 4.78 is 33.1. The fraction of sp³-hybridized carbons (Fsp3) is 0.235. The summed E-state index contributed by atoms with van der Waals surface area (Å²) in [6.45, 7) is 2.87. The molecular weight excluding hydrogens is 465 g/mol. The van der Waals surface area contributed by atoms with Crippen molar-refractivity contribution >= 4 is 60.8 Å². The van der Waals surface area contributed by atoms with E-state index in [2.05, 4.69) is 15.9 Å². The highest BCUT2D eigenvalue weighted by Gasteiger charge is 2.30. The molecule has 0 spiro atoms. The Bertz CT molecular complexity index is 919. The van der Waals surface area contributed by atoms with E-state index in [4.69, 9.17) is 27.9 Å². The van der Waals surface area contributed by atoms with Crippen molar-refractivity contribution in [2.45, 2.75) is 24.8 Å². The Hall–Kier alpha value is -1.28. The zero-order valence-corrected chi connectivity index (χ0v) is 17.9. The summed E-state index contributed by atoms with van der Waals surface area (Å²) in [6.07, 6.45) is -0.371. The number of halogens is 3. The molecule has 0 aliphatic heterocycles. The monoisotopic (exact) mass is 479 g/mol. The van der Waals surface area contributed by atoms with E-state index >= 15 is 0 Å². The van der Waals surface area contributed by atoms with Gasteiger partial charge in [-0.15, -0.1) is 0 Å². The van der Waals surface area contributed by atoms with Crippen molar-refractivity contribution in [3.63, 3.8) is 0 Å². The third-order valence-electron chi connectivity index (χ3n) is 3.20. The third kappa shape index (κ3) is 5.13. The summed E-state index contributed by atoms with van der Waals surface area (Å²) in [4.78, 5) is 12.0. The lowest BCUT2D eigenvalue weighted by molar-refractivity contribution is -0.145. The number of rotatable bonds is 6. The van der Waals surface area contributed by atoms with Crippen LogP contribution in [-0.2, 0) is 19.6 Å². The highest BCUT2D eigenvalue weighted by molar-refractivity contribution is 9.10. The average molecular weight is 481 g/mol. The predicted octanol–water partition coefficient (Wildman–Crippen LogP) is 4.90. The zero-order valence-electron chi connectivity index (χ0n) is 13.9. The van der Waals surface area contributed by atoms with Gasteiger partial charge in [-0.1, -0.05) is 45.2 Å². The SMILES string of the molecule is CC(C)OC(=O)CN(c1cccc(Br)c1)S(=O)(=O)c1cc(Cl)ccc1Cl. The molecule has 0 unspecified atom stereocenters. The number of hydrogen-bond donors (Lipinski definition) is 0. The summed E-state index contributed by atoms with van der Waals surface area (Å²) in [6, 6.07) is 10.7. The van der Waals surface area contributed by atoms with Crippen molar-refractivity contribution in [2.75, 3.05) is 10.8 Å². The largest absolute Gasteiger partial charge is 0.462 e. The molecule has 0 radical (unpaired) electrons. The van der Waals surface area contributed by atoms with Crippen molar-refractivity contribution in [1.82, 2.24) is 0 Å². The van der Waals surface area contributed by atoms with Gasteiger partial charge in [0, 0.05) is 9.50 Å². The lowest BCUT2D eigenvalue weighted by Gasteiger charge is -2.25. The number of carbonyl (C=O) groups is 1. The van der Waals surface area contributed by atoms with E-state index in [1.165, 1.54) is 18.2 Å². The van der Waals surface area contributed by atoms with E-state index in [-0.39, 0.29) is 26.7 Å². The molecule has 0 heterocycles. The molecule has 0 saturated carbocycles. The molecule has 0 saturated heterocycles. The van der Waals surface area contributed by atoms with Gasteiger partial charge in [-0.25, -0.2) is 8.42 Å². The molecule has 0 atom stereocenters. The minimum atomic E-state index is -4.16. The molecule has 0 aromatic heterocycles. The van der Waals surface area contributed by atoms with Gasteiger partial charge in [0.1, 0.15) is 11.4 Å². The molecule has 140 valence electrons. The van der Waals surface area contributed by atoms with Crippen LogP contribution in [0.3, 0.4) is 0 Å². The predicted molar refractivity (Wildman–Crippen MR) is 106 cm³/mol. The van der Waals surface area contributed by atoms with Crippen molar-refractivity contribution in [3.05, 3.63) is 57.0 Å². The molecule has 0 aliphatic rings. The van der Waals surface area contributed by atoms with Crippen LogP contribution >= 0.6 is 39.1 Å². The molecule has 2 rings (SSSR count). The maximum atomic E-state index is 13.2. The van der Waals surface area contributed by atoms with E-state index in [0.29, 0.717) is 4.47 Å². The van der Waals surface area contributed by atoms with Gasteiger partial charge in [-0.3, -0.25) is 9.10 Å². The number of ether oxygens (including phenoxy) is 1. The van der Waals surface area contributed by atoms with Gasteiger partial charge in [0.15, 0.2) is 0 Å². The first-order valence-electron chi connectivity index (χ1n) is 7.54. The van der Waals surface area contributed by atoms with Crippen molar-refractivity contribution < 1.29 is 17.9 Å². The van der Waals surface area contributed by atoms with Gasteiger partial charge in [0.25, 0.3) is 10.0 Å². The minimum Gasteiger partial charge on any atom is -0.462 e. The zero-order chi connectivity index (χ0) is 19.5. The van der Waals surface area contributed by atoms with Gasteiger partial charge in [0.2, 0.25) is 0 Å².